The van der Waals surface area contributed by atoms with E-state index < -0.39 is 0 Å². The largest absolute Gasteiger partial charge is 0.379 e. The van der Waals surface area contributed by atoms with Crippen molar-refractivity contribution < 1.29 is 4.74 Å². The summed E-state index contributed by atoms with van der Waals surface area (Å²) in [5.74, 6) is 0. The maximum absolute atomic E-state index is 5.55. The number of nitrogens with one attached hydrogen (secondary N) is 1. The van der Waals surface area contributed by atoms with Crippen LogP contribution >= 0.6 is 0 Å². The van der Waals surface area contributed by atoms with Gasteiger partial charge in [-0.25, -0.2) is 0 Å². The minimum Gasteiger partial charge on any atom is -0.379 e. The van der Waals surface area contributed by atoms with Crippen LogP contribution in [0.5, 0.6) is 0 Å². The molecule has 1 saturated carbocycles. The average molecular weight is 228 g/mol. The summed E-state index contributed by atoms with van der Waals surface area (Å²) in [5.41, 5.74) is 0.545. The van der Waals surface area contributed by atoms with Crippen LogP contribution in [0, 0.1) is 5.41 Å². The van der Waals surface area contributed by atoms with Gasteiger partial charge in [0.05, 0.1) is 13.2 Å². The number of ether oxygens (including phenoxy) is 1. The van der Waals surface area contributed by atoms with Crippen molar-refractivity contribution in [1.82, 2.24) is 10.2 Å². The second-order valence-electron chi connectivity index (χ2n) is 5.97. The van der Waals surface area contributed by atoms with E-state index in [2.05, 4.69) is 38.2 Å². The summed E-state index contributed by atoms with van der Waals surface area (Å²) in [7, 11) is 4.14. The fourth-order valence-corrected chi connectivity index (χ4v) is 2.29. The van der Waals surface area contributed by atoms with Crippen molar-refractivity contribution in [2.45, 2.75) is 39.2 Å². The van der Waals surface area contributed by atoms with Gasteiger partial charge in [-0.3, -0.25) is 0 Å². The summed E-state index contributed by atoms with van der Waals surface area (Å²) >= 11 is 0. The number of hydrogen-bond acceptors (Lipinski definition) is 3. The van der Waals surface area contributed by atoms with Gasteiger partial charge in [0.15, 0.2) is 0 Å². The van der Waals surface area contributed by atoms with E-state index in [1.54, 1.807) is 0 Å². The van der Waals surface area contributed by atoms with Crippen LogP contribution in [-0.2, 0) is 4.74 Å². The zero-order chi connectivity index (χ0) is 12.0. The maximum Gasteiger partial charge on any atom is 0.0593 e. The lowest BCUT2D eigenvalue weighted by atomic mass is 9.92. The van der Waals surface area contributed by atoms with Crippen LogP contribution in [0.1, 0.15) is 33.1 Å². The van der Waals surface area contributed by atoms with Gasteiger partial charge in [-0.15, -0.1) is 0 Å². The van der Waals surface area contributed by atoms with Crippen LogP contribution < -0.4 is 5.32 Å². The van der Waals surface area contributed by atoms with Crippen molar-refractivity contribution in [1.29, 1.82) is 0 Å². The van der Waals surface area contributed by atoms with Crippen molar-refractivity contribution in [2.24, 2.45) is 5.41 Å². The van der Waals surface area contributed by atoms with Gasteiger partial charge >= 0.3 is 0 Å². The molecule has 96 valence electrons. The topological polar surface area (TPSA) is 24.5 Å². The van der Waals surface area contributed by atoms with E-state index >= 15 is 0 Å². The molecule has 0 aromatic heterocycles. The molecule has 0 radical (unpaired) electrons. The second kappa shape index (κ2) is 6.58. The van der Waals surface area contributed by atoms with Gasteiger partial charge < -0.3 is 15.0 Å². The van der Waals surface area contributed by atoms with Crippen LogP contribution in [0.25, 0.3) is 0 Å². The van der Waals surface area contributed by atoms with E-state index in [-0.39, 0.29) is 0 Å². The SMILES string of the molecule is CN(C)CCOCCNC1CCC(C)(C)C1. The Hall–Kier alpha value is -0.120. The average Bonchev–Trinajstić information content (AvgIpc) is 2.51. The molecule has 0 heterocycles. The molecule has 3 nitrogen and oxygen atoms in total. The molecular weight excluding hydrogens is 200 g/mol. The Morgan fingerprint density at radius 1 is 1.31 bits per heavy atom. The molecule has 0 saturated heterocycles. The first kappa shape index (κ1) is 13.9. The summed E-state index contributed by atoms with van der Waals surface area (Å²) < 4.78 is 5.55. The number of rotatable bonds is 7. The van der Waals surface area contributed by atoms with E-state index in [0.717, 1.165) is 26.3 Å². The van der Waals surface area contributed by atoms with E-state index in [4.69, 9.17) is 4.74 Å². The van der Waals surface area contributed by atoms with Crippen LogP contribution in [0.2, 0.25) is 0 Å². The van der Waals surface area contributed by atoms with Crippen LogP contribution in [0.3, 0.4) is 0 Å². The lowest BCUT2D eigenvalue weighted by Gasteiger charge is -2.18. The molecule has 1 aliphatic carbocycles. The van der Waals surface area contributed by atoms with Gasteiger partial charge in [-0.05, 0) is 38.8 Å². The Balaban J connectivity index is 1.92. The number of hydrogen-bond donors (Lipinski definition) is 1. The van der Waals surface area contributed by atoms with E-state index in [1.165, 1.54) is 19.3 Å². The normalized spacial score (nSPS) is 24.2. The first-order chi connectivity index (χ1) is 7.49. The molecule has 0 aliphatic heterocycles. The smallest absolute Gasteiger partial charge is 0.0593 e. The van der Waals surface area contributed by atoms with Crippen LogP contribution in [-0.4, -0.2) is 51.3 Å². The third-order valence-electron chi connectivity index (χ3n) is 3.33. The maximum atomic E-state index is 5.55. The molecule has 1 rings (SSSR count). The predicted molar refractivity (Wildman–Crippen MR) is 68.8 cm³/mol. The quantitative estimate of drug-likeness (QED) is 0.672. The molecule has 1 aliphatic rings. The molecule has 0 amide bonds. The monoisotopic (exact) mass is 228 g/mol. The van der Waals surface area contributed by atoms with Gasteiger partial charge in [0.1, 0.15) is 0 Å². The van der Waals surface area contributed by atoms with Crippen molar-refractivity contribution in [3.63, 3.8) is 0 Å². The number of nitrogens with zero attached hydrogens (tertiary/aromatic N) is 1. The van der Waals surface area contributed by atoms with Gasteiger partial charge in [0, 0.05) is 19.1 Å². The van der Waals surface area contributed by atoms with Crippen LogP contribution in [0.15, 0.2) is 0 Å². The van der Waals surface area contributed by atoms with Crippen molar-refractivity contribution in [3.05, 3.63) is 0 Å². The molecule has 0 aromatic carbocycles. The van der Waals surface area contributed by atoms with Crippen LogP contribution in [0.4, 0.5) is 0 Å². The van der Waals surface area contributed by atoms with Crippen molar-refractivity contribution >= 4 is 0 Å². The van der Waals surface area contributed by atoms with Gasteiger partial charge in [0.2, 0.25) is 0 Å². The van der Waals surface area contributed by atoms with Gasteiger partial charge in [-0.2, -0.15) is 0 Å². The molecule has 1 unspecified atom stereocenters. The third kappa shape index (κ3) is 5.83. The highest BCUT2D eigenvalue weighted by Gasteiger charge is 2.30. The molecule has 1 fully saturated rings. The lowest BCUT2D eigenvalue weighted by Crippen LogP contribution is -2.31. The first-order valence-electron chi connectivity index (χ1n) is 6.45. The highest BCUT2D eigenvalue weighted by Crippen LogP contribution is 2.36. The summed E-state index contributed by atoms with van der Waals surface area (Å²) in [5, 5.41) is 3.59. The highest BCUT2D eigenvalue weighted by molar-refractivity contribution is 4.86. The summed E-state index contributed by atoms with van der Waals surface area (Å²) in [6, 6.07) is 0.715. The van der Waals surface area contributed by atoms with E-state index in [0.29, 0.717) is 11.5 Å². The van der Waals surface area contributed by atoms with Crippen molar-refractivity contribution in [2.75, 3.05) is 40.4 Å². The zero-order valence-electron chi connectivity index (χ0n) is 11.4. The molecule has 16 heavy (non-hydrogen) atoms. The Kier molecular flexibility index (Phi) is 5.73. The lowest BCUT2D eigenvalue weighted by molar-refractivity contribution is 0.117. The molecule has 1 N–H and O–H groups in total. The summed E-state index contributed by atoms with van der Waals surface area (Å²) in [6.07, 6.45) is 3.99. The van der Waals surface area contributed by atoms with Gasteiger partial charge in [-0.1, -0.05) is 13.8 Å². The molecule has 3 heteroatoms. The summed E-state index contributed by atoms with van der Waals surface area (Å²) in [6.45, 7) is 8.41. The zero-order valence-corrected chi connectivity index (χ0v) is 11.4. The minimum absolute atomic E-state index is 0.545. The third-order valence-corrected chi connectivity index (χ3v) is 3.33. The molecular formula is C13H28N2O. The highest BCUT2D eigenvalue weighted by atomic mass is 16.5. The Labute approximate surface area is 101 Å². The standard InChI is InChI=1S/C13H28N2O/c1-13(2)6-5-12(11-13)14-7-9-16-10-8-15(3)4/h12,14H,5-11H2,1-4H3. The van der Waals surface area contributed by atoms with E-state index in [1.807, 2.05) is 0 Å². The number of likely N-dealkylation sites (N-methyl/N-ethyl adjacent to an activating group) is 1. The fourth-order valence-electron chi connectivity index (χ4n) is 2.29. The second-order valence-corrected chi connectivity index (χ2v) is 5.97. The molecule has 0 spiro atoms. The van der Waals surface area contributed by atoms with Gasteiger partial charge in [0.25, 0.3) is 0 Å². The van der Waals surface area contributed by atoms with Crippen molar-refractivity contribution in [3.8, 4) is 0 Å². The molecule has 0 bridgehead atoms. The molecule has 1 atom stereocenters. The minimum atomic E-state index is 0.545. The first-order valence-corrected chi connectivity index (χ1v) is 6.45. The fraction of sp³-hybridized carbons (Fsp3) is 1.00. The predicted octanol–water partition coefficient (Wildman–Crippen LogP) is 1.73. The Bertz CT molecular complexity index is 192. The molecule has 0 aromatic rings. The Morgan fingerprint density at radius 2 is 2.06 bits per heavy atom. The summed E-state index contributed by atoms with van der Waals surface area (Å²) in [4.78, 5) is 2.15. The Morgan fingerprint density at radius 3 is 2.62 bits per heavy atom. The van der Waals surface area contributed by atoms with E-state index in [9.17, 15) is 0 Å².